The van der Waals surface area contributed by atoms with Gasteiger partial charge in [0.15, 0.2) is 6.61 Å². The van der Waals surface area contributed by atoms with Crippen LogP contribution in [0, 0.1) is 29.1 Å². The zero-order valence-corrected chi connectivity index (χ0v) is 21.1. The first-order valence-corrected chi connectivity index (χ1v) is 12.4. The van der Waals surface area contributed by atoms with E-state index in [2.05, 4.69) is 24.5 Å². The maximum Gasteiger partial charge on any atom is 0.258 e. The number of rotatable bonds is 6. The highest BCUT2D eigenvalue weighted by Crippen LogP contribution is 2.55. The average molecular weight is 459 g/mol. The standard InChI is InChI=1S/C27H42N2O4/c1-17(25(32)29-26(3,4)5)20-12-14-27(6)15-13-21(18(2)23(27)24(20)31)28-22(30)16-33-19-10-8-7-9-11-19/h7-11,17-18,20-21,23-24,31H,12-16H2,1-6H3,(H,28,30)(H,29,32)/t17-,18+,20+,21-,23+,24-,27-/m0/s1. The molecule has 0 saturated heterocycles. The minimum absolute atomic E-state index is 0.00142. The van der Waals surface area contributed by atoms with E-state index in [9.17, 15) is 14.7 Å². The Bertz CT molecular complexity index is 821. The molecule has 2 aliphatic rings. The summed E-state index contributed by atoms with van der Waals surface area (Å²) in [5.41, 5.74) is -0.272. The van der Waals surface area contributed by atoms with Crippen molar-refractivity contribution in [1.29, 1.82) is 0 Å². The Labute approximate surface area is 198 Å². The van der Waals surface area contributed by atoms with Crippen LogP contribution in [0.1, 0.15) is 67.2 Å². The fraction of sp³-hybridized carbons (Fsp3) is 0.704. The van der Waals surface area contributed by atoms with E-state index in [1.807, 2.05) is 58.0 Å². The van der Waals surface area contributed by atoms with Crippen molar-refractivity contribution >= 4 is 11.8 Å². The molecule has 7 atom stereocenters. The van der Waals surface area contributed by atoms with Gasteiger partial charge in [-0.15, -0.1) is 0 Å². The zero-order chi connectivity index (χ0) is 24.4. The second-order valence-corrected chi connectivity index (χ2v) is 11.6. The third-order valence-electron chi connectivity index (χ3n) is 7.90. The molecule has 0 aromatic heterocycles. The van der Waals surface area contributed by atoms with Gasteiger partial charge in [-0.1, -0.05) is 39.0 Å². The zero-order valence-electron chi connectivity index (χ0n) is 21.1. The van der Waals surface area contributed by atoms with Crippen LogP contribution in [-0.2, 0) is 9.59 Å². The van der Waals surface area contributed by atoms with E-state index in [0.717, 1.165) is 25.7 Å². The fourth-order valence-electron chi connectivity index (χ4n) is 6.09. The minimum atomic E-state index is -0.570. The van der Waals surface area contributed by atoms with E-state index in [-0.39, 0.29) is 59.1 Å². The number of aliphatic hydroxyl groups is 1. The van der Waals surface area contributed by atoms with Gasteiger partial charge in [0.2, 0.25) is 5.91 Å². The van der Waals surface area contributed by atoms with Gasteiger partial charge in [-0.05, 0) is 81.8 Å². The SMILES string of the molecule is C[C@H]1[C@@H]2[C@@H](O)[C@@H]([C@H](C)C(=O)NC(C)(C)C)CC[C@@]2(C)CC[C@@H]1NC(=O)COc1ccccc1. The summed E-state index contributed by atoms with van der Waals surface area (Å²) in [6, 6.07) is 9.31. The van der Waals surface area contributed by atoms with Crippen LogP contribution in [-0.4, -0.2) is 41.2 Å². The summed E-state index contributed by atoms with van der Waals surface area (Å²) in [5, 5.41) is 17.7. The van der Waals surface area contributed by atoms with Crippen LogP contribution in [0.4, 0.5) is 0 Å². The lowest BCUT2D eigenvalue weighted by Gasteiger charge is -2.56. The number of hydrogen-bond acceptors (Lipinski definition) is 4. The molecule has 2 amide bonds. The predicted octanol–water partition coefficient (Wildman–Crippen LogP) is 3.92. The lowest BCUT2D eigenvalue weighted by Crippen LogP contribution is -2.59. The number of carbonyl (C=O) groups excluding carboxylic acids is 2. The largest absolute Gasteiger partial charge is 0.484 e. The van der Waals surface area contributed by atoms with Crippen molar-refractivity contribution in [3.05, 3.63) is 30.3 Å². The minimum Gasteiger partial charge on any atom is -0.484 e. The molecule has 0 aliphatic heterocycles. The van der Waals surface area contributed by atoms with E-state index >= 15 is 0 Å². The van der Waals surface area contributed by atoms with Crippen molar-refractivity contribution in [2.45, 2.75) is 84.9 Å². The number of aliphatic hydroxyl groups excluding tert-OH is 1. The molecule has 0 radical (unpaired) electrons. The van der Waals surface area contributed by atoms with Crippen molar-refractivity contribution in [3.63, 3.8) is 0 Å². The van der Waals surface area contributed by atoms with Gasteiger partial charge in [0, 0.05) is 17.5 Å². The van der Waals surface area contributed by atoms with Crippen LogP contribution in [0.3, 0.4) is 0 Å². The average Bonchev–Trinajstić information content (AvgIpc) is 2.73. The second kappa shape index (κ2) is 10.0. The molecule has 0 unspecified atom stereocenters. The molecule has 3 N–H and O–H groups in total. The number of fused-ring (bicyclic) bond motifs is 1. The Hall–Kier alpha value is -2.08. The van der Waals surface area contributed by atoms with Crippen molar-refractivity contribution in [1.82, 2.24) is 10.6 Å². The maximum atomic E-state index is 12.8. The topological polar surface area (TPSA) is 87.7 Å². The highest BCUT2D eigenvalue weighted by molar-refractivity contribution is 5.79. The van der Waals surface area contributed by atoms with Crippen molar-refractivity contribution < 1.29 is 19.4 Å². The van der Waals surface area contributed by atoms with Crippen LogP contribution >= 0.6 is 0 Å². The molecule has 1 aromatic carbocycles. The van der Waals surface area contributed by atoms with E-state index < -0.39 is 6.10 Å². The van der Waals surface area contributed by atoms with E-state index in [4.69, 9.17) is 4.74 Å². The number of para-hydroxylation sites is 1. The quantitative estimate of drug-likeness (QED) is 0.603. The van der Waals surface area contributed by atoms with Gasteiger partial charge in [-0.25, -0.2) is 0 Å². The molecule has 184 valence electrons. The molecule has 1 aromatic rings. The van der Waals surface area contributed by atoms with Crippen LogP contribution in [0.2, 0.25) is 0 Å². The molecular formula is C27H42N2O4. The van der Waals surface area contributed by atoms with Gasteiger partial charge in [-0.2, -0.15) is 0 Å². The Balaban J connectivity index is 1.64. The first-order chi connectivity index (χ1) is 15.4. The van der Waals surface area contributed by atoms with Gasteiger partial charge in [0.05, 0.1) is 6.10 Å². The van der Waals surface area contributed by atoms with Gasteiger partial charge >= 0.3 is 0 Å². The normalized spacial score (nSPS) is 32.9. The number of nitrogens with one attached hydrogen (secondary N) is 2. The molecule has 6 nitrogen and oxygen atoms in total. The van der Waals surface area contributed by atoms with Gasteiger partial charge in [-0.3, -0.25) is 9.59 Å². The molecule has 2 saturated carbocycles. The Morgan fingerprint density at radius 2 is 1.82 bits per heavy atom. The van der Waals surface area contributed by atoms with E-state index in [1.54, 1.807) is 0 Å². The first-order valence-electron chi connectivity index (χ1n) is 12.4. The monoisotopic (exact) mass is 458 g/mol. The van der Waals surface area contributed by atoms with Gasteiger partial charge in [0.1, 0.15) is 5.75 Å². The molecule has 2 fully saturated rings. The van der Waals surface area contributed by atoms with Crippen LogP contribution in [0.5, 0.6) is 5.75 Å². The van der Waals surface area contributed by atoms with E-state index in [0.29, 0.717) is 5.75 Å². The fourth-order valence-corrected chi connectivity index (χ4v) is 6.09. The number of amides is 2. The molecule has 0 bridgehead atoms. The number of ether oxygens (including phenoxy) is 1. The summed E-state index contributed by atoms with van der Waals surface area (Å²) in [5.74, 6) is 0.342. The molecule has 2 aliphatic carbocycles. The van der Waals surface area contributed by atoms with Gasteiger partial charge < -0.3 is 20.5 Å². The molecular weight excluding hydrogens is 416 g/mol. The van der Waals surface area contributed by atoms with Crippen molar-refractivity contribution in [2.75, 3.05) is 6.61 Å². The molecule has 6 heteroatoms. The third kappa shape index (κ3) is 6.08. The summed E-state index contributed by atoms with van der Waals surface area (Å²) in [4.78, 5) is 25.4. The second-order valence-electron chi connectivity index (χ2n) is 11.6. The third-order valence-corrected chi connectivity index (χ3v) is 7.90. The Morgan fingerprint density at radius 1 is 1.18 bits per heavy atom. The number of carbonyl (C=O) groups is 2. The lowest BCUT2D eigenvalue weighted by atomic mass is 9.51. The molecule has 0 spiro atoms. The Kier molecular flexibility index (Phi) is 7.77. The van der Waals surface area contributed by atoms with Crippen LogP contribution in [0.25, 0.3) is 0 Å². The first kappa shape index (κ1) is 25.5. The summed E-state index contributed by atoms with van der Waals surface area (Å²) in [6.45, 7) is 12.2. The highest BCUT2D eigenvalue weighted by Gasteiger charge is 2.54. The number of benzene rings is 1. The number of hydrogen-bond donors (Lipinski definition) is 3. The Morgan fingerprint density at radius 3 is 2.45 bits per heavy atom. The van der Waals surface area contributed by atoms with Crippen LogP contribution in [0.15, 0.2) is 30.3 Å². The predicted molar refractivity (Wildman–Crippen MR) is 130 cm³/mol. The highest BCUT2D eigenvalue weighted by atomic mass is 16.5. The summed E-state index contributed by atoms with van der Waals surface area (Å²) in [7, 11) is 0. The summed E-state index contributed by atoms with van der Waals surface area (Å²) in [6.07, 6.45) is 3.12. The smallest absolute Gasteiger partial charge is 0.258 e. The van der Waals surface area contributed by atoms with Gasteiger partial charge in [0.25, 0.3) is 5.91 Å². The molecule has 0 heterocycles. The van der Waals surface area contributed by atoms with Crippen LogP contribution < -0.4 is 15.4 Å². The molecule has 33 heavy (non-hydrogen) atoms. The van der Waals surface area contributed by atoms with Crippen molar-refractivity contribution in [2.24, 2.45) is 29.1 Å². The molecule has 3 rings (SSSR count). The summed E-state index contributed by atoms with van der Waals surface area (Å²) < 4.78 is 5.60. The maximum absolute atomic E-state index is 12.8. The summed E-state index contributed by atoms with van der Waals surface area (Å²) >= 11 is 0. The van der Waals surface area contributed by atoms with Crippen molar-refractivity contribution in [3.8, 4) is 5.75 Å². The van der Waals surface area contributed by atoms with E-state index in [1.165, 1.54) is 0 Å². The lowest BCUT2D eigenvalue weighted by molar-refractivity contribution is -0.144.